The molecule has 0 atom stereocenters. The molecule has 1 aromatic rings. The van der Waals surface area contributed by atoms with Gasteiger partial charge in [0.25, 0.3) is 0 Å². The van der Waals surface area contributed by atoms with Crippen LogP contribution in [0.15, 0.2) is 12.3 Å². The van der Waals surface area contributed by atoms with Gasteiger partial charge in [-0.15, -0.1) is 0 Å². The van der Waals surface area contributed by atoms with E-state index in [9.17, 15) is 0 Å². The van der Waals surface area contributed by atoms with Crippen molar-refractivity contribution in [2.45, 2.75) is 57.4 Å². The fourth-order valence-corrected chi connectivity index (χ4v) is 2.94. The Labute approximate surface area is 98.0 Å². The van der Waals surface area contributed by atoms with Crippen LogP contribution in [0.5, 0.6) is 0 Å². The number of rotatable bonds is 3. The van der Waals surface area contributed by atoms with Gasteiger partial charge in [-0.2, -0.15) is 5.10 Å². The first-order chi connectivity index (χ1) is 7.69. The molecule has 0 saturated heterocycles. The highest BCUT2D eigenvalue weighted by molar-refractivity contribution is 5.18. The summed E-state index contributed by atoms with van der Waals surface area (Å²) in [6.07, 6.45) is 8.34. The van der Waals surface area contributed by atoms with E-state index in [0.29, 0.717) is 6.04 Å². The molecular weight excluding hydrogens is 198 g/mol. The van der Waals surface area contributed by atoms with E-state index >= 15 is 0 Å². The fraction of sp³-hybridized carbons (Fsp3) is 0.769. The second-order valence-corrected chi connectivity index (χ2v) is 5.30. The van der Waals surface area contributed by atoms with Crippen LogP contribution in [0.1, 0.15) is 57.7 Å². The molecule has 1 aliphatic rings. The van der Waals surface area contributed by atoms with E-state index < -0.39 is 0 Å². The molecule has 0 amide bonds. The Bertz CT molecular complexity index is 335. The Kier molecular flexibility index (Phi) is 3.33. The predicted molar refractivity (Wildman–Crippen MR) is 66.4 cm³/mol. The summed E-state index contributed by atoms with van der Waals surface area (Å²) in [6, 6.07) is 2.59. The van der Waals surface area contributed by atoms with Gasteiger partial charge in [0.05, 0.1) is 0 Å². The third kappa shape index (κ3) is 1.88. The van der Waals surface area contributed by atoms with Crippen molar-refractivity contribution in [1.29, 1.82) is 0 Å². The molecule has 1 heterocycles. The van der Waals surface area contributed by atoms with Crippen molar-refractivity contribution < 1.29 is 0 Å². The van der Waals surface area contributed by atoms with Crippen molar-refractivity contribution in [2.75, 3.05) is 6.54 Å². The van der Waals surface area contributed by atoms with E-state index in [-0.39, 0.29) is 5.41 Å². The van der Waals surface area contributed by atoms with Crippen LogP contribution in [0, 0.1) is 0 Å². The molecule has 0 spiro atoms. The van der Waals surface area contributed by atoms with Gasteiger partial charge in [-0.3, -0.25) is 4.68 Å². The molecule has 0 bridgehead atoms. The molecule has 1 saturated carbocycles. The average Bonchev–Trinajstić information content (AvgIpc) is 2.79. The highest BCUT2D eigenvalue weighted by Crippen LogP contribution is 2.39. The molecule has 2 N–H and O–H groups in total. The Morgan fingerprint density at radius 2 is 2.06 bits per heavy atom. The number of aromatic nitrogens is 2. The molecule has 0 unspecified atom stereocenters. The smallest absolute Gasteiger partial charge is 0.0492 e. The largest absolute Gasteiger partial charge is 0.330 e. The minimum Gasteiger partial charge on any atom is -0.330 e. The van der Waals surface area contributed by atoms with Crippen LogP contribution in [0.4, 0.5) is 0 Å². The maximum atomic E-state index is 6.06. The molecule has 1 aliphatic carbocycles. The van der Waals surface area contributed by atoms with Crippen LogP contribution in [0.2, 0.25) is 0 Å². The van der Waals surface area contributed by atoms with Gasteiger partial charge in [0.2, 0.25) is 0 Å². The van der Waals surface area contributed by atoms with Crippen molar-refractivity contribution >= 4 is 0 Å². The predicted octanol–water partition coefficient (Wildman–Crippen LogP) is 2.62. The van der Waals surface area contributed by atoms with Crippen LogP contribution in [-0.4, -0.2) is 16.3 Å². The molecule has 3 heteroatoms. The fourth-order valence-electron chi connectivity index (χ4n) is 2.94. The van der Waals surface area contributed by atoms with Gasteiger partial charge in [0.1, 0.15) is 0 Å². The quantitative estimate of drug-likeness (QED) is 0.852. The van der Waals surface area contributed by atoms with Gasteiger partial charge in [-0.1, -0.05) is 19.3 Å². The summed E-state index contributed by atoms with van der Waals surface area (Å²) in [7, 11) is 0. The highest BCUT2D eigenvalue weighted by Gasteiger charge is 2.35. The Morgan fingerprint density at radius 3 is 2.62 bits per heavy atom. The minimum atomic E-state index is 0.193. The molecule has 3 nitrogen and oxygen atoms in total. The Hall–Kier alpha value is -0.830. The molecule has 0 aliphatic heterocycles. The Balaban J connectivity index is 2.35. The molecule has 2 rings (SSSR count). The van der Waals surface area contributed by atoms with E-state index in [0.717, 1.165) is 6.54 Å². The lowest BCUT2D eigenvalue weighted by Gasteiger charge is -2.37. The average molecular weight is 221 g/mol. The van der Waals surface area contributed by atoms with E-state index in [2.05, 4.69) is 29.7 Å². The van der Waals surface area contributed by atoms with E-state index in [4.69, 9.17) is 5.73 Å². The van der Waals surface area contributed by atoms with Crippen LogP contribution < -0.4 is 5.73 Å². The first kappa shape index (κ1) is 11.6. The summed E-state index contributed by atoms with van der Waals surface area (Å²) < 4.78 is 2.15. The summed E-state index contributed by atoms with van der Waals surface area (Å²) in [5, 5.41) is 4.44. The topological polar surface area (TPSA) is 43.8 Å². The summed E-state index contributed by atoms with van der Waals surface area (Å²) in [5.74, 6) is 0. The van der Waals surface area contributed by atoms with Gasteiger partial charge < -0.3 is 5.73 Å². The summed E-state index contributed by atoms with van der Waals surface area (Å²) in [6.45, 7) is 5.12. The second-order valence-electron chi connectivity index (χ2n) is 5.30. The van der Waals surface area contributed by atoms with Crippen LogP contribution in [0.25, 0.3) is 0 Å². The first-order valence-electron chi connectivity index (χ1n) is 6.44. The van der Waals surface area contributed by atoms with Gasteiger partial charge in [-0.05, 0) is 32.8 Å². The molecule has 90 valence electrons. The lowest BCUT2D eigenvalue weighted by molar-refractivity contribution is 0.275. The zero-order valence-electron chi connectivity index (χ0n) is 10.4. The summed E-state index contributed by atoms with van der Waals surface area (Å²) in [5.41, 5.74) is 7.60. The van der Waals surface area contributed by atoms with Crippen molar-refractivity contribution in [3.63, 3.8) is 0 Å². The molecule has 0 radical (unpaired) electrons. The second kappa shape index (κ2) is 4.58. The van der Waals surface area contributed by atoms with Crippen LogP contribution in [-0.2, 0) is 5.41 Å². The van der Waals surface area contributed by atoms with Crippen molar-refractivity contribution in [2.24, 2.45) is 5.73 Å². The van der Waals surface area contributed by atoms with E-state index in [1.54, 1.807) is 0 Å². The number of nitrogens with two attached hydrogens (primary N) is 1. The van der Waals surface area contributed by atoms with E-state index in [1.807, 2.05) is 6.20 Å². The van der Waals surface area contributed by atoms with Crippen LogP contribution in [0.3, 0.4) is 0 Å². The number of hydrogen-bond donors (Lipinski definition) is 1. The number of hydrogen-bond acceptors (Lipinski definition) is 2. The lowest BCUT2D eigenvalue weighted by atomic mass is 9.71. The SMILES string of the molecule is CC(C)n1nccc1C1(CN)CCCCC1. The van der Waals surface area contributed by atoms with Crippen molar-refractivity contribution in [3.05, 3.63) is 18.0 Å². The van der Waals surface area contributed by atoms with Gasteiger partial charge >= 0.3 is 0 Å². The zero-order chi connectivity index (χ0) is 11.6. The third-order valence-corrected chi connectivity index (χ3v) is 3.90. The minimum absolute atomic E-state index is 0.193. The third-order valence-electron chi connectivity index (χ3n) is 3.90. The monoisotopic (exact) mass is 221 g/mol. The standard InChI is InChI=1S/C13H23N3/c1-11(2)16-12(6-9-15-16)13(10-14)7-4-3-5-8-13/h6,9,11H,3-5,7-8,10,14H2,1-2H3. The lowest BCUT2D eigenvalue weighted by Crippen LogP contribution is -2.39. The van der Waals surface area contributed by atoms with Crippen molar-refractivity contribution in [3.8, 4) is 0 Å². The zero-order valence-corrected chi connectivity index (χ0v) is 10.4. The van der Waals surface area contributed by atoms with E-state index in [1.165, 1.54) is 37.8 Å². The molecule has 1 aromatic heterocycles. The molecule has 16 heavy (non-hydrogen) atoms. The molecular formula is C13H23N3. The maximum Gasteiger partial charge on any atom is 0.0492 e. The Morgan fingerprint density at radius 1 is 1.38 bits per heavy atom. The maximum absolute atomic E-state index is 6.06. The normalized spacial score (nSPS) is 20.2. The van der Waals surface area contributed by atoms with Gasteiger partial charge in [0.15, 0.2) is 0 Å². The summed E-state index contributed by atoms with van der Waals surface area (Å²) >= 11 is 0. The van der Waals surface area contributed by atoms with Gasteiger partial charge in [0, 0.05) is 29.9 Å². The molecule has 0 aromatic carbocycles. The van der Waals surface area contributed by atoms with Gasteiger partial charge in [-0.25, -0.2) is 0 Å². The first-order valence-corrected chi connectivity index (χ1v) is 6.44. The number of nitrogens with zero attached hydrogens (tertiary/aromatic N) is 2. The summed E-state index contributed by atoms with van der Waals surface area (Å²) in [4.78, 5) is 0. The highest BCUT2D eigenvalue weighted by atomic mass is 15.3. The van der Waals surface area contributed by atoms with Crippen LogP contribution >= 0.6 is 0 Å². The molecule has 1 fully saturated rings. The van der Waals surface area contributed by atoms with Crippen molar-refractivity contribution in [1.82, 2.24) is 9.78 Å².